The van der Waals surface area contributed by atoms with Crippen molar-refractivity contribution in [1.82, 2.24) is 9.88 Å². The number of piperidine rings is 1. The summed E-state index contributed by atoms with van der Waals surface area (Å²) in [4.78, 5) is 32.9. The van der Waals surface area contributed by atoms with Crippen LogP contribution in [0, 0.1) is 11.8 Å². The first-order chi connectivity index (χ1) is 20.4. The summed E-state index contributed by atoms with van der Waals surface area (Å²) in [6, 6.07) is 11.6. The number of hydrogen-bond acceptors (Lipinski definition) is 9. The number of aromatic amines is 1. The van der Waals surface area contributed by atoms with Crippen LogP contribution in [0.15, 0.2) is 48.0 Å². The van der Waals surface area contributed by atoms with Gasteiger partial charge in [-0.2, -0.15) is 0 Å². The summed E-state index contributed by atoms with van der Waals surface area (Å²) in [5, 5.41) is 1.26. The van der Waals surface area contributed by atoms with Gasteiger partial charge in [0.15, 0.2) is 11.5 Å². The van der Waals surface area contributed by atoms with E-state index in [1.54, 1.807) is 12.1 Å². The van der Waals surface area contributed by atoms with Crippen molar-refractivity contribution in [2.24, 2.45) is 11.8 Å². The molecule has 1 N–H and O–H groups in total. The number of nitrogens with one attached hydrogen (secondary N) is 1. The van der Waals surface area contributed by atoms with Crippen molar-refractivity contribution < 1.29 is 38.0 Å². The number of aromatic nitrogens is 1. The highest BCUT2D eigenvalue weighted by Crippen LogP contribution is 2.48. The van der Waals surface area contributed by atoms with Gasteiger partial charge in [0.05, 0.1) is 46.0 Å². The maximum Gasteiger partial charge on any atom is 0.339 e. The Morgan fingerprint density at radius 1 is 0.976 bits per heavy atom. The fourth-order valence-corrected chi connectivity index (χ4v) is 7.07. The summed E-state index contributed by atoms with van der Waals surface area (Å²) in [5.74, 6) is -0.715. The van der Waals surface area contributed by atoms with Crippen molar-refractivity contribution in [3.05, 3.63) is 64.9 Å². The van der Waals surface area contributed by atoms with Crippen molar-refractivity contribution in [2.45, 2.75) is 31.1 Å². The number of para-hydroxylation sites is 1. The van der Waals surface area contributed by atoms with Gasteiger partial charge in [-0.1, -0.05) is 23.8 Å². The summed E-state index contributed by atoms with van der Waals surface area (Å²) in [6.07, 6.45) is 2.09. The van der Waals surface area contributed by atoms with E-state index in [9.17, 15) is 9.59 Å². The number of fused-ring (bicyclic) bond motifs is 6. The molecule has 0 amide bonds. The molecule has 3 heterocycles. The van der Waals surface area contributed by atoms with Crippen LogP contribution < -0.4 is 14.2 Å². The molecular formula is C32H36N2O8. The first kappa shape index (κ1) is 28.1. The third-order valence-corrected chi connectivity index (χ3v) is 8.99. The topological polar surface area (TPSA) is 109 Å². The normalized spacial score (nSPS) is 25.0. The Balaban J connectivity index is 1.34. The number of ether oxygens (including phenoxy) is 6. The van der Waals surface area contributed by atoms with Gasteiger partial charge >= 0.3 is 11.9 Å². The van der Waals surface area contributed by atoms with Gasteiger partial charge in [0.1, 0.15) is 12.2 Å². The molecular weight excluding hydrogens is 540 g/mol. The number of carbonyl (C=O) groups excluding carboxylic acids is 2. The third kappa shape index (κ3) is 4.59. The maximum absolute atomic E-state index is 13.5. The number of esters is 2. The number of rotatable bonds is 7. The third-order valence-electron chi connectivity index (χ3n) is 8.99. The molecule has 10 heteroatoms. The zero-order valence-electron chi connectivity index (χ0n) is 24.5. The minimum atomic E-state index is -0.804. The van der Waals surface area contributed by atoms with Crippen LogP contribution in [0.25, 0.3) is 10.9 Å². The fraction of sp³-hybridized carbons (Fsp3) is 0.438. The number of H-pyrrole nitrogens is 1. The Morgan fingerprint density at radius 2 is 1.71 bits per heavy atom. The van der Waals surface area contributed by atoms with Gasteiger partial charge in [0.2, 0.25) is 5.75 Å². The van der Waals surface area contributed by atoms with E-state index in [1.807, 2.05) is 12.1 Å². The Bertz CT molecular complexity index is 1520. The van der Waals surface area contributed by atoms with E-state index in [0.717, 1.165) is 30.5 Å². The summed E-state index contributed by atoms with van der Waals surface area (Å²) >= 11 is 0. The van der Waals surface area contributed by atoms with E-state index in [-0.39, 0.29) is 23.5 Å². The van der Waals surface area contributed by atoms with Crippen LogP contribution in [0.2, 0.25) is 0 Å². The van der Waals surface area contributed by atoms with Crippen LogP contribution in [0.1, 0.15) is 34.1 Å². The number of methoxy groups -OCH3 is 5. The van der Waals surface area contributed by atoms with E-state index in [4.69, 9.17) is 28.4 Å². The van der Waals surface area contributed by atoms with Crippen molar-refractivity contribution in [3.63, 3.8) is 0 Å². The lowest BCUT2D eigenvalue weighted by molar-refractivity contribution is -0.159. The average molecular weight is 577 g/mol. The van der Waals surface area contributed by atoms with Gasteiger partial charge in [-0.05, 0) is 48.6 Å². The SMILES string of the molecule is COC(=O)[C@@H]1[C@@H](OC)[C@H](OC(=O)c2cc(OC)c(OC)c(OC)c2)C=C2CN3CCc4c([nH]c5ccccc45)[C@@H]3C[C@@H]21. The molecule has 5 atom stereocenters. The van der Waals surface area contributed by atoms with E-state index >= 15 is 0 Å². The first-order valence-electron chi connectivity index (χ1n) is 14.1. The number of benzene rings is 2. The lowest BCUT2D eigenvalue weighted by Gasteiger charge is -2.49. The molecule has 6 rings (SSSR count). The number of hydrogen-bond donors (Lipinski definition) is 1. The molecule has 10 nitrogen and oxygen atoms in total. The second kappa shape index (κ2) is 11.3. The van der Waals surface area contributed by atoms with E-state index < -0.39 is 24.1 Å². The highest BCUT2D eigenvalue weighted by molar-refractivity contribution is 5.91. The molecule has 42 heavy (non-hydrogen) atoms. The summed E-state index contributed by atoms with van der Waals surface area (Å²) in [7, 11) is 7.38. The van der Waals surface area contributed by atoms with Crippen molar-refractivity contribution in [3.8, 4) is 17.2 Å². The Kier molecular flexibility index (Phi) is 7.59. The second-order valence-corrected chi connectivity index (χ2v) is 10.9. The molecule has 1 fully saturated rings. The average Bonchev–Trinajstić information content (AvgIpc) is 3.41. The molecule has 3 aliphatic rings. The second-order valence-electron chi connectivity index (χ2n) is 10.9. The van der Waals surface area contributed by atoms with Gasteiger partial charge in [0.25, 0.3) is 0 Å². The van der Waals surface area contributed by atoms with Crippen molar-refractivity contribution in [2.75, 3.05) is 48.6 Å². The maximum atomic E-state index is 13.5. The Hall–Kier alpha value is -4.02. The van der Waals surface area contributed by atoms with Crippen LogP contribution in [-0.2, 0) is 25.4 Å². The van der Waals surface area contributed by atoms with Crippen LogP contribution in [0.5, 0.6) is 17.2 Å². The summed E-state index contributed by atoms with van der Waals surface area (Å²) in [5.41, 5.74) is 4.98. The van der Waals surface area contributed by atoms with E-state index in [2.05, 4.69) is 28.1 Å². The van der Waals surface area contributed by atoms with Crippen LogP contribution in [-0.4, -0.2) is 82.7 Å². The van der Waals surface area contributed by atoms with Crippen LogP contribution >= 0.6 is 0 Å². The summed E-state index contributed by atoms with van der Waals surface area (Å²) < 4.78 is 33.4. The molecule has 0 radical (unpaired) electrons. The molecule has 1 aromatic heterocycles. The van der Waals surface area contributed by atoms with Crippen molar-refractivity contribution in [1.29, 1.82) is 0 Å². The molecule has 1 aliphatic carbocycles. The summed E-state index contributed by atoms with van der Waals surface area (Å²) in [6.45, 7) is 1.56. The zero-order chi connectivity index (χ0) is 29.5. The predicted molar refractivity (Wildman–Crippen MR) is 154 cm³/mol. The molecule has 0 spiro atoms. The number of nitrogens with zero attached hydrogens (tertiary/aromatic N) is 1. The fourth-order valence-electron chi connectivity index (χ4n) is 7.07. The van der Waals surface area contributed by atoms with E-state index in [1.165, 1.54) is 52.2 Å². The lowest BCUT2D eigenvalue weighted by atomic mass is 9.69. The molecule has 222 valence electrons. The Labute approximate surface area is 244 Å². The van der Waals surface area contributed by atoms with Gasteiger partial charge in [-0.3, -0.25) is 9.69 Å². The lowest BCUT2D eigenvalue weighted by Crippen LogP contribution is -2.53. The minimum absolute atomic E-state index is 0.128. The highest BCUT2D eigenvalue weighted by Gasteiger charge is 2.51. The molecule has 3 aromatic rings. The van der Waals surface area contributed by atoms with E-state index in [0.29, 0.717) is 23.8 Å². The molecule has 2 aromatic carbocycles. The predicted octanol–water partition coefficient (Wildman–Crippen LogP) is 4.08. The Morgan fingerprint density at radius 3 is 2.38 bits per heavy atom. The highest BCUT2D eigenvalue weighted by atomic mass is 16.6. The van der Waals surface area contributed by atoms with Crippen LogP contribution in [0.4, 0.5) is 0 Å². The minimum Gasteiger partial charge on any atom is -0.493 e. The molecule has 1 saturated heterocycles. The standard InChI is InChI=1S/C32H36N2O8/c1-37-24-12-17(13-25(38-2)29(24)39-3)31(35)42-26-14-18-16-34-11-10-20-19-8-6-7-9-22(19)33-28(20)23(34)15-21(18)27(30(26)40-4)32(36)41-5/h6-9,12-14,21,23,26-27,30,33H,10-11,15-16H2,1-5H3/t21-,23-,26+,27-,30-/m0/s1. The van der Waals surface area contributed by atoms with Gasteiger partial charge in [-0.15, -0.1) is 0 Å². The first-order valence-corrected chi connectivity index (χ1v) is 14.1. The largest absolute Gasteiger partial charge is 0.493 e. The van der Waals surface area contributed by atoms with Gasteiger partial charge < -0.3 is 33.4 Å². The molecule has 0 bridgehead atoms. The van der Waals surface area contributed by atoms with Crippen LogP contribution in [0.3, 0.4) is 0 Å². The zero-order valence-corrected chi connectivity index (χ0v) is 24.5. The van der Waals surface area contributed by atoms with Gasteiger partial charge in [0, 0.05) is 36.8 Å². The molecule has 0 unspecified atom stereocenters. The quantitative estimate of drug-likeness (QED) is 0.329. The molecule has 2 aliphatic heterocycles. The van der Waals surface area contributed by atoms with Crippen molar-refractivity contribution >= 4 is 22.8 Å². The van der Waals surface area contributed by atoms with Gasteiger partial charge in [-0.25, -0.2) is 4.79 Å². The number of carbonyl (C=O) groups is 2. The monoisotopic (exact) mass is 576 g/mol. The smallest absolute Gasteiger partial charge is 0.339 e. The molecule has 0 saturated carbocycles.